The van der Waals surface area contributed by atoms with Crippen LogP contribution in [0.4, 0.5) is 18.9 Å². The molecule has 0 saturated heterocycles. The van der Waals surface area contributed by atoms with E-state index in [-0.39, 0.29) is 18.0 Å². The number of hydrogen-bond donors (Lipinski definition) is 1. The van der Waals surface area contributed by atoms with Crippen LogP contribution in [0.15, 0.2) is 59.0 Å². The zero-order chi connectivity index (χ0) is 16.4. The largest absolute Gasteiger partial charge is 0.453 e. The molecule has 23 heavy (non-hydrogen) atoms. The van der Waals surface area contributed by atoms with Crippen molar-refractivity contribution < 1.29 is 22.4 Å². The summed E-state index contributed by atoms with van der Waals surface area (Å²) in [6.07, 6.45) is -4.48. The summed E-state index contributed by atoms with van der Waals surface area (Å²) in [4.78, 5) is 12.1. The van der Waals surface area contributed by atoms with Crippen molar-refractivity contribution in [3.63, 3.8) is 0 Å². The molecule has 1 aromatic heterocycles. The number of fused-ring (bicyclic) bond motifs is 1. The number of nitrogens with one attached hydrogen (secondary N) is 1. The molecule has 1 heterocycles. The molecular formula is C17H12F3NO2. The number of alkyl halides is 3. The average molecular weight is 319 g/mol. The molecule has 0 unspecified atom stereocenters. The molecule has 3 rings (SSSR count). The number of para-hydroxylation sites is 2. The Kier molecular flexibility index (Phi) is 3.82. The highest BCUT2D eigenvalue weighted by Gasteiger charge is 2.33. The molecule has 118 valence electrons. The zero-order valence-corrected chi connectivity index (χ0v) is 11.9. The standard InChI is InChI=1S/C17H12F3NO2/c18-17(19,20)12-6-2-3-7-13(12)21-10-14(22)16-9-11-5-1-4-8-15(11)23-16/h1-9,21H,10H2. The molecule has 0 saturated carbocycles. The number of carbonyl (C=O) groups is 1. The second kappa shape index (κ2) is 5.79. The van der Waals surface area contributed by atoms with Gasteiger partial charge in [-0.15, -0.1) is 0 Å². The summed E-state index contributed by atoms with van der Waals surface area (Å²) in [6.45, 7) is -0.285. The summed E-state index contributed by atoms with van der Waals surface area (Å²) < 4.78 is 44.1. The van der Waals surface area contributed by atoms with E-state index in [9.17, 15) is 18.0 Å². The molecule has 0 aliphatic carbocycles. The van der Waals surface area contributed by atoms with Gasteiger partial charge in [-0.25, -0.2) is 0 Å². The molecule has 0 radical (unpaired) electrons. The maximum absolute atomic E-state index is 12.9. The molecule has 0 amide bonds. The Balaban J connectivity index is 1.77. The molecule has 0 fully saturated rings. The van der Waals surface area contributed by atoms with E-state index in [0.717, 1.165) is 11.5 Å². The Morgan fingerprint density at radius 1 is 1.04 bits per heavy atom. The third-order valence-electron chi connectivity index (χ3n) is 3.37. The number of benzene rings is 2. The Bertz CT molecular complexity index is 819. The molecule has 1 N–H and O–H groups in total. The van der Waals surface area contributed by atoms with Crippen LogP contribution in [0.25, 0.3) is 11.0 Å². The van der Waals surface area contributed by atoms with Crippen molar-refractivity contribution in [2.75, 3.05) is 11.9 Å². The number of rotatable bonds is 4. The van der Waals surface area contributed by atoms with Crippen LogP contribution < -0.4 is 5.32 Å². The van der Waals surface area contributed by atoms with Crippen LogP contribution in [0.1, 0.15) is 16.1 Å². The van der Waals surface area contributed by atoms with Gasteiger partial charge in [0.2, 0.25) is 5.78 Å². The number of carbonyl (C=O) groups excluding carboxylic acids is 1. The minimum absolute atomic E-state index is 0.114. The molecule has 0 aliphatic rings. The predicted octanol–water partition coefficient (Wildman–Crippen LogP) is 4.75. The lowest BCUT2D eigenvalue weighted by Gasteiger charge is -2.13. The van der Waals surface area contributed by atoms with Crippen LogP contribution >= 0.6 is 0 Å². The highest BCUT2D eigenvalue weighted by atomic mass is 19.4. The van der Waals surface area contributed by atoms with Crippen LogP contribution in [0.2, 0.25) is 0 Å². The highest BCUT2D eigenvalue weighted by molar-refractivity contribution is 6.00. The molecular weight excluding hydrogens is 307 g/mol. The SMILES string of the molecule is O=C(CNc1ccccc1C(F)(F)F)c1cc2ccccc2o1. The van der Waals surface area contributed by atoms with E-state index in [0.29, 0.717) is 5.58 Å². The number of ketones is 1. The first-order chi connectivity index (χ1) is 10.9. The van der Waals surface area contributed by atoms with E-state index in [1.807, 2.05) is 6.07 Å². The smallest absolute Gasteiger partial charge is 0.418 e. The van der Waals surface area contributed by atoms with Gasteiger partial charge < -0.3 is 9.73 Å². The Morgan fingerprint density at radius 2 is 1.74 bits per heavy atom. The second-order valence-corrected chi connectivity index (χ2v) is 4.97. The zero-order valence-electron chi connectivity index (χ0n) is 11.9. The fraction of sp³-hybridized carbons (Fsp3) is 0.118. The lowest BCUT2D eigenvalue weighted by molar-refractivity contribution is -0.136. The van der Waals surface area contributed by atoms with Crippen molar-refractivity contribution in [2.45, 2.75) is 6.18 Å². The van der Waals surface area contributed by atoms with Crippen molar-refractivity contribution in [1.82, 2.24) is 0 Å². The first kappa shape index (κ1) is 15.1. The van der Waals surface area contributed by atoms with Crippen molar-refractivity contribution in [2.24, 2.45) is 0 Å². The molecule has 2 aromatic carbocycles. The Labute approximate surface area is 129 Å². The van der Waals surface area contributed by atoms with Gasteiger partial charge in [-0.05, 0) is 24.3 Å². The third-order valence-corrected chi connectivity index (χ3v) is 3.37. The normalized spacial score (nSPS) is 11.6. The Morgan fingerprint density at radius 3 is 2.48 bits per heavy atom. The lowest BCUT2D eigenvalue weighted by atomic mass is 10.1. The van der Waals surface area contributed by atoms with Gasteiger partial charge in [0.15, 0.2) is 5.76 Å². The van der Waals surface area contributed by atoms with Crippen LogP contribution in [-0.2, 0) is 6.18 Å². The summed E-state index contributed by atoms with van der Waals surface area (Å²) >= 11 is 0. The van der Waals surface area contributed by atoms with Gasteiger partial charge in [0.05, 0.1) is 12.1 Å². The number of furan rings is 1. The van der Waals surface area contributed by atoms with Crippen LogP contribution in [0.5, 0.6) is 0 Å². The summed E-state index contributed by atoms with van der Waals surface area (Å²) in [5.41, 5.74) is -0.381. The van der Waals surface area contributed by atoms with Gasteiger partial charge in [0.25, 0.3) is 0 Å². The number of hydrogen-bond acceptors (Lipinski definition) is 3. The van der Waals surface area contributed by atoms with Gasteiger partial charge >= 0.3 is 6.18 Å². The number of halogens is 3. The van der Waals surface area contributed by atoms with E-state index >= 15 is 0 Å². The predicted molar refractivity (Wildman–Crippen MR) is 80.5 cm³/mol. The second-order valence-electron chi connectivity index (χ2n) is 4.97. The molecule has 3 nitrogen and oxygen atoms in total. The first-order valence-electron chi connectivity index (χ1n) is 6.87. The molecule has 0 bridgehead atoms. The van der Waals surface area contributed by atoms with Crippen molar-refractivity contribution >= 4 is 22.4 Å². The van der Waals surface area contributed by atoms with E-state index in [1.54, 1.807) is 24.3 Å². The number of Topliss-reactive ketones (excluding diaryl/α,β-unsaturated/α-hetero) is 1. The Hall–Kier alpha value is -2.76. The molecule has 3 aromatic rings. The maximum Gasteiger partial charge on any atom is 0.418 e. The molecule has 0 spiro atoms. The summed E-state index contributed by atoms with van der Waals surface area (Å²) in [5.74, 6) is -0.304. The highest BCUT2D eigenvalue weighted by Crippen LogP contribution is 2.34. The van der Waals surface area contributed by atoms with Gasteiger partial charge in [-0.1, -0.05) is 30.3 Å². The first-order valence-corrected chi connectivity index (χ1v) is 6.87. The molecule has 6 heteroatoms. The lowest BCUT2D eigenvalue weighted by Crippen LogP contribution is -2.16. The van der Waals surface area contributed by atoms with Crippen molar-refractivity contribution in [3.8, 4) is 0 Å². The minimum Gasteiger partial charge on any atom is -0.453 e. The average Bonchev–Trinajstić information content (AvgIpc) is 2.96. The minimum atomic E-state index is -4.48. The van der Waals surface area contributed by atoms with Gasteiger partial charge in [-0.3, -0.25) is 4.79 Å². The van der Waals surface area contributed by atoms with E-state index in [4.69, 9.17) is 4.42 Å². The maximum atomic E-state index is 12.9. The van der Waals surface area contributed by atoms with E-state index in [1.165, 1.54) is 18.2 Å². The summed E-state index contributed by atoms with van der Waals surface area (Å²) in [5, 5.41) is 3.30. The van der Waals surface area contributed by atoms with Gasteiger partial charge in [0, 0.05) is 11.1 Å². The van der Waals surface area contributed by atoms with Crippen LogP contribution in [0, 0.1) is 0 Å². The fourth-order valence-corrected chi connectivity index (χ4v) is 2.27. The molecule has 0 aliphatic heterocycles. The quantitative estimate of drug-likeness (QED) is 0.706. The number of anilines is 1. The molecule has 0 atom stereocenters. The van der Waals surface area contributed by atoms with Crippen molar-refractivity contribution in [3.05, 3.63) is 65.9 Å². The van der Waals surface area contributed by atoms with Crippen LogP contribution in [-0.4, -0.2) is 12.3 Å². The van der Waals surface area contributed by atoms with Gasteiger partial charge in [-0.2, -0.15) is 13.2 Å². The van der Waals surface area contributed by atoms with Crippen molar-refractivity contribution in [1.29, 1.82) is 0 Å². The van der Waals surface area contributed by atoms with Gasteiger partial charge in [0.1, 0.15) is 5.58 Å². The summed E-state index contributed by atoms with van der Waals surface area (Å²) in [6, 6.07) is 13.7. The van der Waals surface area contributed by atoms with Crippen LogP contribution in [0.3, 0.4) is 0 Å². The summed E-state index contributed by atoms with van der Waals surface area (Å²) in [7, 11) is 0. The monoisotopic (exact) mass is 319 g/mol. The third kappa shape index (κ3) is 3.21. The van der Waals surface area contributed by atoms with E-state index < -0.39 is 17.5 Å². The topological polar surface area (TPSA) is 42.2 Å². The van der Waals surface area contributed by atoms with E-state index in [2.05, 4.69) is 5.32 Å². The fourth-order valence-electron chi connectivity index (χ4n) is 2.27.